The number of hydrogen-bond donors (Lipinski definition) is 3. The van der Waals surface area contributed by atoms with Gasteiger partial charge in [-0.2, -0.15) is 0 Å². The summed E-state index contributed by atoms with van der Waals surface area (Å²) in [6.07, 6.45) is 5.74. The Kier molecular flexibility index (Phi) is 4.45. The summed E-state index contributed by atoms with van der Waals surface area (Å²) < 4.78 is 0. The van der Waals surface area contributed by atoms with Gasteiger partial charge in [0.05, 0.1) is 6.04 Å². The average molecular weight is 268 g/mol. The Morgan fingerprint density at radius 2 is 1.89 bits per heavy atom. The second-order valence-corrected chi connectivity index (χ2v) is 6.06. The predicted molar refractivity (Wildman–Crippen MR) is 71.8 cm³/mol. The van der Waals surface area contributed by atoms with Crippen molar-refractivity contribution in [1.82, 2.24) is 10.6 Å². The van der Waals surface area contributed by atoms with Crippen LogP contribution in [0, 0.1) is 5.92 Å². The topological polar surface area (TPSA) is 78.4 Å². The van der Waals surface area contributed by atoms with Gasteiger partial charge in [-0.1, -0.05) is 13.3 Å². The van der Waals surface area contributed by atoms with Crippen LogP contribution in [-0.4, -0.2) is 35.1 Å². The molecule has 2 fully saturated rings. The molecule has 2 rings (SSSR count). The maximum absolute atomic E-state index is 12.2. The molecule has 0 radical (unpaired) electrons. The van der Waals surface area contributed by atoms with Crippen molar-refractivity contribution < 1.29 is 14.7 Å². The zero-order chi connectivity index (χ0) is 13.9. The third kappa shape index (κ3) is 3.26. The lowest BCUT2D eigenvalue weighted by Gasteiger charge is -2.37. The van der Waals surface area contributed by atoms with Gasteiger partial charge in [0.15, 0.2) is 0 Å². The van der Waals surface area contributed by atoms with E-state index in [0.29, 0.717) is 18.8 Å². The van der Waals surface area contributed by atoms with Gasteiger partial charge in [-0.25, -0.2) is 4.79 Å². The van der Waals surface area contributed by atoms with Gasteiger partial charge in [-0.3, -0.25) is 4.79 Å². The Morgan fingerprint density at radius 3 is 2.42 bits per heavy atom. The number of amides is 1. The van der Waals surface area contributed by atoms with Gasteiger partial charge in [0.2, 0.25) is 5.91 Å². The fraction of sp³-hybridized carbons (Fsp3) is 0.857. The summed E-state index contributed by atoms with van der Waals surface area (Å²) in [5.74, 6) is -0.475. The van der Waals surface area contributed by atoms with Crippen LogP contribution in [0.3, 0.4) is 0 Å². The lowest BCUT2D eigenvalue weighted by atomic mass is 9.77. The number of carbonyl (C=O) groups is 2. The fourth-order valence-electron chi connectivity index (χ4n) is 3.05. The normalized spacial score (nSPS) is 35.6. The monoisotopic (exact) mass is 268 g/mol. The number of aliphatic carboxylic acids is 1. The van der Waals surface area contributed by atoms with Gasteiger partial charge < -0.3 is 15.7 Å². The van der Waals surface area contributed by atoms with E-state index >= 15 is 0 Å². The number of piperidine rings is 1. The predicted octanol–water partition coefficient (Wildman–Crippen LogP) is 1.28. The maximum atomic E-state index is 12.2. The van der Waals surface area contributed by atoms with Crippen LogP contribution in [0.25, 0.3) is 0 Å². The number of carboxylic acids is 1. The third-order valence-electron chi connectivity index (χ3n) is 4.53. The molecule has 1 aliphatic heterocycles. The SMILES string of the molecule is CC1CCC(NC(=O)C2CCCCN2)(C(=O)O)CC1. The minimum Gasteiger partial charge on any atom is -0.480 e. The zero-order valence-corrected chi connectivity index (χ0v) is 11.6. The Morgan fingerprint density at radius 1 is 1.21 bits per heavy atom. The summed E-state index contributed by atoms with van der Waals surface area (Å²) in [5, 5.41) is 15.5. The molecular weight excluding hydrogens is 244 g/mol. The Bertz CT molecular complexity index is 343. The van der Waals surface area contributed by atoms with Crippen molar-refractivity contribution >= 4 is 11.9 Å². The van der Waals surface area contributed by atoms with Gasteiger partial charge in [-0.05, 0) is 51.0 Å². The molecule has 1 saturated heterocycles. The molecule has 0 aromatic heterocycles. The first kappa shape index (κ1) is 14.3. The van der Waals surface area contributed by atoms with Gasteiger partial charge in [-0.15, -0.1) is 0 Å². The molecule has 5 heteroatoms. The molecule has 1 unspecified atom stereocenters. The minimum atomic E-state index is -1.04. The first-order valence-corrected chi connectivity index (χ1v) is 7.32. The second kappa shape index (κ2) is 5.90. The largest absolute Gasteiger partial charge is 0.480 e. The lowest BCUT2D eigenvalue weighted by molar-refractivity contribution is -0.150. The van der Waals surface area contributed by atoms with Crippen LogP contribution >= 0.6 is 0 Å². The van der Waals surface area contributed by atoms with Crippen LogP contribution in [0.15, 0.2) is 0 Å². The average Bonchev–Trinajstić information content (AvgIpc) is 2.42. The van der Waals surface area contributed by atoms with Crippen molar-refractivity contribution in [2.45, 2.75) is 63.5 Å². The summed E-state index contributed by atoms with van der Waals surface area (Å²) in [6, 6.07) is -0.218. The first-order chi connectivity index (χ1) is 9.03. The van der Waals surface area contributed by atoms with E-state index < -0.39 is 11.5 Å². The third-order valence-corrected chi connectivity index (χ3v) is 4.53. The van der Waals surface area contributed by atoms with Gasteiger partial charge in [0, 0.05) is 0 Å². The Hall–Kier alpha value is -1.10. The summed E-state index contributed by atoms with van der Waals surface area (Å²) in [4.78, 5) is 23.8. The molecule has 0 bridgehead atoms. The van der Waals surface area contributed by atoms with Crippen molar-refractivity contribution in [2.75, 3.05) is 6.54 Å². The Balaban J connectivity index is 2.00. The molecule has 19 heavy (non-hydrogen) atoms. The molecular formula is C14H24N2O3. The van der Waals surface area contributed by atoms with E-state index in [-0.39, 0.29) is 11.9 Å². The number of hydrogen-bond acceptors (Lipinski definition) is 3. The zero-order valence-electron chi connectivity index (χ0n) is 11.6. The summed E-state index contributed by atoms with van der Waals surface area (Å²) >= 11 is 0. The number of rotatable bonds is 3. The molecule has 0 aromatic rings. The van der Waals surface area contributed by atoms with Crippen LogP contribution in [-0.2, 0) is 9.59 Å². The van der Waals surface area contributed by atoms with E-state index in [2.05, 4.69) is 17.6 Å². The number of nitrogens with one attached hydrogen (secondary N) is 2. The lowest BCUT2D eigenvalue weighted by Crippen LogP contribution is -2.60. The van der Waals surface area contributed by atoms with E-state index in [9.17, 15) is 14.7 Å². The van der Waals surface area contributed by atoms with E-state index in [1.54, 1.807) is 0 Å². The molecule has 2 aliphatic rings. The molecule has 1 saturated carbocycles. The van der Waals surface area contributed by atoms with Gasteiger partial charge >= 0.3 is 5.97 Å². The van der Waals surface area contributed by atoms with E-state index in [4.69, 9.17) is 0 Å². The highest BCUT2D eigenvalue weighted by Crippen LogP contribution is 2.32. The molecule has 1 aliphatic carbocycles. The number of carboxylic acid groups (broad SMARTS) is 1. The molecule has 1 atom stereocenters. The van der Waals surface area contributed by atoms with E-state index in [1.807, 2.05) is 0 Å². The summed E-state index contributed by atoms with van der Waals surface area (Å²) in [6.45, 7) is 2.98. The summed E-state index contributed by atoms with van der Waals surface area (Å²) in [5.41, 5.74) is -1.04. The van der Waals surface area contributed by atoms with Gasteiger partial charge in [0.25, 0.3) is 0 Å². The molecule has 0 spiro atoms. The quantitative estimate of drug-likeness (QED) is 0.720. The van der Waals surface area contributed by atoms with Crippen molar-refractivity contribution in [3.05, 3.63) is 0 Å². The first-order valence-electron chi connectivity index (χ1n) is 7.32. The standard InChI is InChI=1S/C14H24N2O3/c1-10-5-7-14(8-6-10,13(18)19)16-12(17)11-4-2-3-9-15-11/h10-11,15H,2-9H2,1H3,(H,16,17)(H,18,19). The molecule has 108 valence electrons. The smallest absolute Gasteiger partial charge is 0.329 e. The maximum Gasteiger partial charge on any atom is 0.329 e. The fourth-order valence-corrected chi connectivity index (χ4v) is 3.05. The molecule has 5 nitrogen and oxygen atoms in total. The highest BCUT2D eigenvalue weighted by Gasteiger charge is 2.43. The molecule has 0 aromatic carbocycles. The van der Waals surface area contributed by atoms with Crippen LogP contribution in [0.5, 0.6) is 0 Å². The molecule has 1 heterocycles. The second-order valence-electron chi connectivity index (χ2n) is 6.06. The minimum absolute atomic E-state index is 0.142. The van der Waals surface area contributed by atoms with Crippen LogP contribution in [0.4, 0.5) is 0 Å². The van der Waals surface area contributed by atoms with E-state index in [0.717, 1.165) is 38.6 Å². The van der Waals surface area contributed by atoms with Crippen LogP contribution in [0.1, 0.15) is 51.9 Å². The highest BCUT2D eigenvalue weighted by atomic mass is 16.4. The van der Waals surface area contributed by atoms with Crippen molar-refractivity contribution in [1.29, 1.82) is 0 Å². The van der Waals surface area contributed by atoms with Crippen LogP contribution < -0.4 is 10.6 Å². The number of carbonyl (C=O) groups excluding carboxylic acids is 1. The highest BCUT2D eigenvalue weighted by molar-refractivity contribution is 5.89. The Labute approximate surface area is 114 Å². The van der Waals surface area contributed by atoms with Gasteiger partial charge in [0.1, 0.15) is 5.54 Å². The summed E-state index contributed by atoms with van der Waals surface area (Å²) in [7, 11) is 0. The molecule has 3 N–H and O–H groups in total. The molecule has 1 amide bonds. The van der Waals surface area contributed by atoms with Crippen molar-refractivity contribution in [3.63, 3.8) is 0 Å². The van der Waals surface area contributed by atoms with Crippen molar-refractivity contribution in [3.8, 4) is 0 Å². The van der Waals surface area contributed by atoms with Crippen LogP contribution in [0.2, 0.25) is 0 Å². The van der Waals surface area contributed by atoms with E-state index in [1.165, 1.54) is 0 Å². The van der Waals surface area contributed by atoms with Crippen molar-refractivity contribution in [2.24, 2.45) is 5.92 Å².